The Kier molecular flexibility index (Phi) is 5.13. The van der Waals surface area contributed by atoms with E-state index in [9.17, 15) is 22.8 Å². The number of nitrogens with zero attached hydrogens (tertiary/aromatic N) is 1. The van der Waals surface area contributed by atoms with Crippen LogP contribution in [0.1, 0.15) is 32.1 Å². The fourth-order valence-corrected chi connectivity index (χ4v) is 4.36. The molecule has 8 heteroatoms. The molecular formula is C18H22N2O5S. The number of fused-ring (bicyclic) bond motifs is 1. The molecule has 0 radical (unpaired) electrons. The lowest BCUT2D eigenvalue weighted by atomic mass is 9.81. The van der Waals surface area contributed by atoms with Crippen molar-refractivity contribution in [2.75, 3.05) is 18.1 Å². The van der Waals surface area contributed by atoms with Crippen LogP contribution in [0.3, 0.4) is 0 Å². The molecule has 0 spiro atoms. The highest BCUT2D eigenvalue weighted by Gasteiger charge is 2.47. The van der Waals surface area contributed by atoms with E-state index < -0.39 is 9.84 Å². The molecule has 1 saturated carbocycles. The Morgan fingerprint density at radius 1 is 1.15 bits per heavy atom. The zero-order valence-corrected chi connectivity index (χ0v) is 15.4. The summed E-state index contributed by atoms with van der Waals surface area (Å²) in [6, 6.07) is 5.97. The van der Waals surface area contributed by atoms with Gasteiger partial charge in [-0.2, -0.15) is 0 Å². The molecule has 2 aliphatic rings. The van der Waals surface area contributed by atoms with Gasteiger partial charge in [0.2, 0.25) is 17.7 Å². The molecule has 1 heterocycles. The van der Waals surface area contributed by atoms with Crippen LogP contribution < -0.4 is 5.32 Å². The Labute approximate surface area is 152 Å². The van der Waals surface area contributed by atoms with Gasteiger partial charge in [0.05, 0.1) is 16.7 Å². The molecule has 1 N–H and O–H groups in total. The largest absolute Gasteiger partial charge is 0.326 e. The second kappa shape index (κ2) is 7.19. The Bertz CT molecular complexity index is 825. The van der Waals surface area contributed by atoms with Gasteiger partial charge in [0.25, 0.3) is 0 Å². The lowest BCUT2D eigenvalue weighted by molar-refractivity contribution is -0.140. The Balaban J connectivity index is 1.59. The monoisotopic (exact) mass is 378 g/mol. The summed E-state index contributed by atoms with van der Waals surface area (Å²) in [5.41, 5.74) is 0.366. The number of likely N-dealkylation sites (tertiary alicyclic amines) is 1. The second-order valence-corrected chi connectivity index (χ2v) is 8.94. The number of sulfone groups is 1. The third-order valence-corrected chi connectivity index (χ3v) is 6.15. The summed E-state index contributed by atoms with van der Waals surface area (Å²) in [5, 5.41) is 2.62. The van der Waals surface area contributed by atoms with Crippen molar-refractivity contribution >= 4 is 33.2 Å². The summed E-state index contributed by atoms with van der Waals surface area (Å²) in [4.78, 5) is 38.2. The number of carbonyl (C=O) groups is 3. The van der Waals surface area contributed by atoms with Crippen molar-refractivity contribution in [2.24, 2.45) is 11.8 Å². The number of nitrogens with one attached hydrogen (secondary N) is 1. The summed E-state index contributed by atoms with van der Waals surface area (Å²) >= 11 is 0. The van der Waals surface area contributed by atoms with E-state index in [1.165, 1.54) is 17.0 Å². The average Bonchev–Trinajstić information content (AvgIpc) is 2.84. The number of hydrogen-bond acceptors (Lipinski definition) is 5. The summed E-state index contributed by atoms with van der Waals surface area (Å²) in [7, 11) is -3.36. The predicted molar refractivity (Wildman–Crippen MR) is 95.0 cm³/mol. The number of anilines is 1. The van der Waals surface area contributed by atoms with Gasteiger partial charge in [-0.3, -0.25) is 19.3 Å². The second-order valence-electron chi connectivity index (χ2n) is 6.92. The highest BCUT2D eigenvalue weighted by molar-refractivity contribution is 7.90. The van der Waals surface area contributed by atoms with Crippen LogP contribution in [0.15, 0.2) is 29.2 Å². The third-order valence-electron chi connectivity index (χ3n) is 5.04. The molecule has 2 fully saturated rings. The van der Waals surface area contributed by atoms with E-state index in [2.05, 4.69) is 5.32 Å². The predicted octanol–water partition coefficient (Wildman–Crippen LogP) is 1.59. The quantitative estimate of drug-likeness (QED) is 0.784. The smallest absolute Gasteiger partial charge is 0.233 e. The topological polar surface area (TPSA) is 101 Å². The summed E-state index contributed by atoms with van der Waals surface area (Å²) in [6.07, 6.45) is 4.50. The molecule has 7 nitrogen and oxygen atoms in total. The van der Waals surface area contributed by atoms with Crippen LogP contribution in [-0.2, 0) is 24.2 Å². The fraction of sp³-hybridized carbons (Fsp3) is 0.500. The number of imide groups is 1. The van der Waals surface area contributed by atoms with E-state index in [1.807, 2.05) is 0 Å². The first-order valence-corrected chi connectivity index (χ1v) is 10.6. The van der Waals surface area contributed by atoms with Gasteiger partial charge in [0.15, 0.2) is 9.84 Å². The van der Waals surface area contributed by atoms with Crippen molar-refractivity contribution in [3.8, 4) is 0 Å². The molecule has 1 saturated heterocycles. The van der Waals surface area contributed by atoms with Gasteiger partial charge < -0.3 is 5.32 Å². The standard InChI is InChI=1S/C18H22N2O5S/c1-26(24,25)13-6-4-5-12(11-13)19-16(21)9-10-20-17(22)14-7-2-3-8-15(14)18(20)23/h4-6,11,14-15H,2-3,7-10H2,1H3,(H,19,21)/t14-,15+. The Hall–Kier alpha value is -2.22. The van der Waals surface area contributed by atoms with Crippen LogP contribution in [0.25, 0.3) is 0 Å². The summed E-state index contributed by atoms with van der Waals surface area (Å²) < 4.78 is 23.1. The summed E-state index contributed by atoms with van der Waals surface area (Å²) in [5.74, 6) is -1.12. The molecule has 1 aliphatic heterocycles. The van der Waals surface area contributed by atoms with E-state index in [0.29, 0.717) is 5.69 Å². The normalized spacial score (nSPS) is 23.0. The van der Waals surface area contributed by atoms with Crippen molar-refractivity contribution in [1.29, 1.82) is 0 Å². The van der Waals surface area contributed by atoms with E-state index in [-0.39, 0.29) is 47.4 Å². The minimum Gasteiger partial charge on any atom is -0.326 e. The maximum Gasteiger partial charge on any atom is 0.233 e. The van der Waals surface area contributed by atoms with Gasteiger partial charge in [-0.1, -0.05) is 18.9 Å². The van der Waals surface area contributed by atoms with Crippen LogP contribution in [-0.4, -0.2) is 43.8 Å². The van der Waals surface area contributed by atoms with Crippen molar-refractivity contribution in [1.82, 2.24) is 4.90 Å². The van der Waals surface area contributed by atoms with E-state index >= 15 is 0 Å². The van der Waals surface area contributed by atoms with Crippen molar-refractivity contribution in [3.05, 3.63) is 24.3 Å². The first-order chi connectivity index (χ1) is 12.3. The van der Waals surface area contributed by atoms with Crippen molar-refractivity contribution in [3.63, 3.8) is 0 Å². The average molecular weight is 378 g/mol. The van der Waals surface area contributed by atoms with Crippen LogP contribution in [0.5, 0.6) is 0 Å². The molecule has 2 atom stereocenters. The molecule has 1 aromatic carbocycles. The van der Waals surface area contributed by atoms with Gasteiger partial charge in [0, 0.05) is 24.9 Å². The molecule has 140 valence electrons. The zero-order valence-electron chi connectivity index (χ0n) is 14.6. The molecule has 3 amide bonds. The molecule has 1 aliphatic carbocycles. The van der Waals surface area contributed by atoms with Gasteiger partial charge >= 0.3 is 0 Å². The third kappa shape index (κ3) is 3.80. The first-order valence-electron chi connectivity index (χ1n) is 8.72. The Morgan fingerprint density at radius 2 is 1.77 bits per heavy atom. The minimum absolute atomic E-state index is 0.0139. The van der Waals surface area contributed by atoms with Crippen LogP contribution in [0, 0.1) is 11.8 Å². The van der Waals surface area contributed by atoms with Gasteiger partial charge in [-0.25, -0.2) is 8.42 Å². The van der Waals surface area contributed by atoms with Crippen molar-refractivity contribution in [2.45, 2.75) is 37.0 Å². The van der Waals surface area contributed by atoms with Gasteiger partial charge in [0.1, 0.15) is 0 Å². The lowest BCUT2D eigenvalue weighted by Crippen LogP contribution is -2.34. The summed E-state index contributed by atoms with van der Waals surface area (Å²) in [6.45, 7) is 0.0578. The lowest BCUT2D eigenvalue weighted by Gasteiger charge is -2.19. The molecule has 0 unspecified atom stereocenters. The van der Waals surface area contributed by atoms with E-state index in [4.69, 9.17) is 0 Å². The molecular weight excluding hydrogens is 356 g/mol. The number of rotatable bonds is 5. The molecule has 0 aromatic heterocycles. The maximum atomic E-state index is 12.4. The van der Waals surface area contributed by atoms with E-state index in [1.54, 1.807) is 12.1 Å². The zero-order chi connectivity index (χ0) is 18.9. The molecule has 0 bridgehead atoms. The SMILES string of the molecule is CS(=O)(=O)c1cccc(NC(=O)CCN2C(=O)[C@H]3CCCC[C@H]3C2=O)c1. The number of carbonyl (C=O) groups excluding carboxylic acids is 3. The number of amides is 3. The molecule has 26 heavy (non-hydrogen) atoms. The maximum absolute atomic E-state index is 12.4. The van der Waals surface area contributed by atoms with Gasteiger partial charge in [-0.15, -0.1) is 0 Å². The number of hydrogen-bond donors (Lipinski definition) is 1. The number of benzene rings is 1. The van der Waals surface area contributed by atoms with Gasteiger partial charge in [-0.05, 0) is 31.0 Å². The van der Waals surface area contributed by atoms with Crippen LogP contribution in [0.2, 0.25) is 0 Å². The van der Waals surface area contributed by atoms with Crippen molar-refractivity contribution < 1.29 is 22.8 Å². The minimum atomic E-state index is -3.36. The van der Waals surface area contributed by atoms with Crippen LogP contribution >= 0.6 is 0 Å². The van der Waals surface area contributed by atoms with E-state index in [0.717, 1.165) is 31.9 Å². The first kappa shape index (κ1) is 18.6. The Morgan fingerprint density at radius 3 is 2.35 bits per heavy atom. The molecule has 3 rings (SSSR count). The van der Waals surface area contributed by atoms with Crippen LogP contribution in [0.4, 0.5) is 5.69 Å². The fourth-order valence-electron chi connectivity index (χ4n) is 3.69. The molecule has 1 aromatic rings. The highest BCUT2D eigenvalue weighted by atomic mass is 32.2. The highest BCUT2D eigenvalue weighted by Crippen LogP contribution is 2.37.